The molecule has 0 amide bonds. The van der Waals surface area contributed by atoms with Gasteiger partial charge in [0.15, 0.2) is 5.15 Å². The van der Waals surface area contributed by atoms with Crippen LogP contribution < -0.4 is 0 Å². The van der Waals surface area contributed by atoms with Crippen molar-refractivity contribution in [1.29, 1.82) is 0 Å². The zero-order valence-electron chi connectivity index (χ0n) is 4.24. The van der Waals surface area contributed by atoms with Gasteiger partial charge in [-0.25, -0.2) is 0 Å². The van der Waals surface area contributed by atoms with Gasteiger partial charge in [-0.05, 0) is 5.10 Å². The molecule has 0 aliphatic rings. The van der Waals surface area contributed by atoms with E-state index in [-0.39, 0.29) is 11.1 Å². The Morgan fingerprint density at radius 1 is 1.56 bits per heavy atom. The molecule has 5 heteroatoms. The average molecular weight is 141 g/mol. The first-order valence-corrected chi connectivity index (χ1v) is 2.43. The molecular formula is C4HClN4. The molecule has 44 valence electrons. The third kappa shape index (κ3) is 1.34. The largest absolute Gasteiger partial charge is 0.393 e. The van der Waals surface area contributed by atoms with Gasteiger partial charge in [-0.1, -0.05) is 16.7 Å². The molecule has 0 saturated carbocycles. The van der Waals surface area contributed by atoms with Gasteiger partial charge in [-0.2, -0.15) is 4.98 Å². The molecule has 0 radical (unpaired) electrons. The van der Waals surface area contributed by atoms with Crippen LogP contribution in [0.1, 0.15) is 0 Å². The van der Waals surface area contributed by atoms with Crippen molar-refractivity contribution < 1.29 is 0 Å². The van der Waals surface area contributed by atoms with Crippen molar-refractivity contribution in [1.82, 2.24) is 15.2 Å². The van der Waals surface area contributed by atoms with Crippen LogP contribution in [0.25, 0.3) is 4.85 Å². The van der Waals surface area contributed by atoms with Gasteiger partial charge < -0.3 is 4.85 Å². The predicted molar refractivity (Wildman–Crippen MR) is 31.1 cm³/mol. The summed E-state index contributed by atoms with van der Waals surface area (Å²) in [5.41, 5.74) is 0. The number of halogens is 1. The number of hydrogen-bond acceptors (Lipinski definition) is 3. The van der Waals surface area contributed by atoms with Crippen LogP contribution in [0.4, 0.5) is 5.95 Å². The van der Waals surface area contributed by atoms with Gasteiger partial charge in [0.1, 0.15) is 6.20 Å². The quantitative estimate of drug-likeness (QED) is 0.507. The smallest absolute Gasteiger partial charge is 0.393 e. The molecule has 0 aromatic carbocycles. The lowest BCUT2D eigenvalue weighted by molar-refractivity contribution is 0.994. The van der Waals surface area contributed by atoms with Crippen LogP contribution in [0.2, 0.25) is 5.15 Å². The fourth-order valence-electron chi connectivity index (χ4n) is 0.306. The monoisotopic (exact) mass is 140 g/mol. The molecule has 0 atom stereocenters. The van der Waals surface area contributed by atoms with Gasteiger partial charge in [-0.3, -0.25) is 0 Å². The Morgan fingerprint density at radius 2 is 2.33 bits per heavy atom. The normalized spacial score (nSPS) is 8.44. The second-order valence-electron chi connectivity index (χ2n) is 1.19. The number of nitrogens with zero attached hydrogens (tertiary/aromatic N) is 4. The molecule has 0 unspecified atom stereocenters. The molecule has 1 aromatic heterocycles. The molecule has 0 bridgehead atoms. The van der Waals surface area contributed by atoms with E-state index in [0.29, 0.717) is 0 Å². The second kappa shape index (κ2) is 2.37. The average Bonchev–Trinajstić information content (AvgIpc) is 1.90. The summed E-state index contributed by atoms with van der Waals surface area (Å²) in [6.45, 7) is 6.43. The highest BCUT2D eigenvalue weighted by Gasteiger charge is 1.94. The molecule has 0 spiro atoms. The van der Waals surface area contributed by atoms with Crippen LogP contribution in [-0.2, 0) is 0 Å². The Balaban J connectivity index is 3.06. The summed E-state index contributed by atoms with van der Waals surface area (Å²) in [6, 6.07) is 0. The molecule has 0 saturated heterocycles. The number of hydrogen-bond donors (Lipinski definition) is 0. The first kappa shape index (κ1) is 5.92. The topological polar surface area (TPSA) is 43.0 Å². The van der Waals surface area contributed by atoms with E-state index in [1.165, 1.54) is 6.20 Å². The van der Waals surface area contributed by atoms with E-state index in [0.717, 1.165) is 0 Å². The standard InChI is InChI=1S/C4HClN4/c1-6-4-7-2-3(5)8-9-4/h2H. The van der Waals surface area contributed by atoms with E-state index in [1.54, 1.807) is 0 Å². The van der Waals surface area contributed by atoms with Crippen molar-refractivity contribution in [3.63, 3.8) is 0 Å². The minimum absolute atomic E-state index is 0.0133. The maximum Gasteiger partial charge on any atom is 0.393 e. The predicted octanol–water partition coefficient (Wildman–Crippen LogP) is 1.08. The van der Waals surface area contributed by atoms with E-state index < -0.39 is 0 Å². The summed E-state index contributed by atoms with van der Waals surface area (Å²) in [5.74, 6) is 0.0133. The molecule has 4 nitrogen and oxygen atoms in total. The summed E-state index contributed by atoms with van der Waals surface area (Å²) in [7, 11) is 0. The van der Waals surface area contributed by atoms with Gasteiger partial charge in [-0.15, -0.1) is 6.57 Å². The maximum absolute atomic E-state index is 6.43. The number of rotatable bonds is 0. The van der Waals surface area contributed by atoms with Crippen LogP contribution in [0.3, 0.4) is 0 Å². The van der Waals surface area contributed by atoms with Crippen LogP contribution >= 0.6 is 11.6 Å². The van der Waals surface area contributed by atoms with Crippen molar-refractivity contribution in [2.45, 2.75) is 0 Å². The lowest BCUT2D eigenvalue weighted by Gasteiger charge is -1.80. The molecule has 1 heterocycles. The summed E-state index contributed by atoms with van der Waals surface area (Å²) >= 11 is 5.33. The fraction of sp³-hybridized carbons (Fsp3) is 0. The van der Waals surface area contributed by atoms with E-state index >= 15 is 0 Å². The van der Waals surface area contributed by atoms with Crippen molar-refractivity contribution in [3.05, 3.63) is 22.8 Å². The van der Waals surface area contributed by atoms with E-state index in [4.69, 9.17) is 18.2 Å². The maximum atomic E-state index is 6.43. The summed E-state index contributed by atoms with van der Waals surface area (Å²) in [4.78, 5) is 6.46. The van der Waals surface area contributed by atoms with Gasteiger partial charge in [0.25, 0.3) is 0 Å². The first-order valence-electron chi connectivity index (χ1n) is 2.05. The fourth-order valence-corrected chi connectivity index (χ4v) is 0.393. The van der Waals surface area contributed by atoms with E-state index in [1.807, 2.05) is 0 Å². The zero-order chi connectivity index (χ0) is 6.69. The zero-order valence-corrected chi connectivity index (χ0v) is 5.00. The van der Waals surface area contributed by atoms with Gasteiger partial charge in [0.2, 0.25) is 0 Å². The summed E-state index contributed by atoms with van der Waals surface area (Å²) < 4.78 is 0. The molecule has 0 fully saturated rings. The van der Waals surface area contributed by atoms with E-state index in [9.17, 15) is 0 Å². The summed E-state index contributed by atoms with van der Waals surface area (Å²) in [6.07, 6.45) is 1.28. The lowest BCUT2D eigenvalue weighted by Crippen LogP contribution is -1.82. The van der Waals surface area contributed by atoms with Crippen molar-refractivity contribution >= 4 is 17.5 Å². The Hall–Kier alpha value is -1.21. The second-order valence-corrected chi connectivity index (χ2v) is 1.58. The Labute approximate surface area is 56.3 Å². The van der Waals surface area contributed by atoms with Gasteiger partial charge >= 0.3 is 5.95 Å². The number of aromatic nitrogens is 3. The SMILES string of the molecule is [C-]#[N+]c1ncc(Cl)nn1. The molecule has 1 rings (SSSR count). The van der Waals surface area contributed by atoms with Crippen molar-refractivity contribution in [2.75, 3.05) is 0 Å². The minimum atomic E-state index is 0.0133. The third-order valence-corrected chi connectivity index (χ3v) is 0.795. The molecule has 0 N–H and O–H groups in total. The van der Waals surface area contributed by atoms with Gasteiger partial charge in [0.05, 0.1) is 0 Å². The Kier molecular flexibility index (Phi) is 1.56. The summed E-state index contributed by atoms with van der Waals surface area (Å²) in [5, 5.41) is 6.94. The third-order valence-electron chi connectivity index (χ3n) is 0.622. The van der Waals surface area contributed by atoms with Crippen LogP contribution in [0.5, 0.6) is 0 Å². The van der Waals surface area contributed by atoms with Crippen LogP contribution in [0.15, 0.2) is 6.20 Å². The highest BCUT2D eigenvalue weighted by Crippen LogP contribution is 2.02. The van der Waals surface area contributed by atoms with Gasteiger partial charge in [0, 0.05) is 0 Å². The van der Waals surface area contributed by atoms with Crippen LogP contribution in [0, 0.1) is 6.57 Å². The van der Waals surface area contributed by atoms with Crippen LogP contribution in [-0.4, -0.2) is 15.2 Å². The highest BCUT2D eigenvalue weighted by atomic mass is 35.5. The highest BCUT2D eigenvalue weighted by molar-refractivity contribution is 6.29. The Morgan fingerprint density at radius 3 is 2.78 bits per heavy atom. The Bertz CT molecular complexity index is 236. The first-order chi connectivity index (χ1) is 4.33. The van der Waals surface area contributed by atoms with Crippen molar-refractivity contribution in [2.24, 2.45) is 0 Å². The molecule has 0 aliphatic heterocycles. The van der Waals surface area contributed by atoms with Crippen molar-refractivity contribution in [3.8, 4) is 0 Å². The van der Waals surface area contributed by atoms with E-state index in [2.05, 4.69) is 20.0 Å². The molecular weight excluding hydrogens is 140 g/mol. The molecule has 9 heavy (non-hydrogen) atoms. The lowest BCUT2D eigenvalue weighted by atomic mass is 10.9. The minimum Gasteiger partial charge on any atom is -0.393 e. The molecule has 0 aliphatic carbocycles. The molecule has 1 aromatic rings.